The van der Waals surface area contributed by atoms with Crippen molar-refractivity contribution < 1.29 is 9.84 Å². The molecule has 2 unspecified atom stereocenters. The predicted molar refractivity (Wildman–Crippen MR) is 75.5 cm³/mol. The molecule has 19 heavy (non-hydrogen) atoms. The molecular weight excluding hydrogens is 262 g/mol. The summed E-state index contributed by atoms with van der Waals surface area (Å²) in [7, 11) is 0. The number of rotatable bonds is 5. The second-order valence-electron chi connectivity index (χ2n) is 4.41. The number of hydrogen-bond acceptors (Lipinski definition) is 3. The van der Waals surface area contributed by atoms with Crippen molar-refractivity contribution >= 4 is 11.6 Å². The van der Waals surface area contributed by atoms with E-state index in [0.717, 1.165) is 5.56 Å². The van der Waals surface area contributed by atoms with Crippen molar-refractivity contribution in [1.29, 1.82) is 0 Å². The Kier molecular flexibility index (Phi) is 4.77. The molecule has 0 spiro atoms. The summed E-state index contributed by atoms with van der Waals surface area (Å²) < 4.78 is 5.67. The fraction of sp³-hybridized carbons (Fsp3) is 0.267. The lowest BCUT2D eigenvalue weighted by molar-refractivity contribution is 0.0478. The molecule has 2 rings (SSSR count). The summed E-state index contributed by atoms with van der Waals surface area (Å²) in [5, 5.41) is 10.7. The highest BCUT2D eigenvalue weighted by Crippen LogP contribution is 2.19. The largest absolute Gasteiger partial charge is 0.488 e. The first-order valence-corrected chi connectivity index (χ1v) is 6.52. The van der Waals surface area contributed by atoms with Gasteiger partial charge in [0, 0.05) is 23.8 Å². The number of halogens is 1. The first kappa shape index (κ1) is 13.8. The van der Waals surface area contributed by atoms with Crippen LogP contribution in [0.3, 0.4) is 0 Å². The van der Waals surface area contributed by atoms with Gasteiger partial charge in [-0.25, -0.2) is 0 Å². The van der Waals surface area contributed by atoms with Crippen LogP contribution in [0, 0.1) is 0 Å². The third kappa shape index (κ3) is 4.23. The van der Waals surface area contributed by atoms with Gasteiger partial charge in [-0.2, -0.15) is 0 Å². The first-order chi connectivity index (χ1) is 9.15. The van der Waals surface area contributed by atoms with E-state index in [2.05, 4.69) is 4.98 Å². The topological polar surface area (TPSA) is 42.4 Å². The van der Waals surface area contributed by atoms with Gasteiger partial charge in [0.05, 0.1) is 6.10 Å². The highest BCUT2D eigenvalue weighted by Gasteiger charge is 2.16. The summed E-state index contributed by atoms with van der Waals surface area (Å²) in [4.78, 5) is 4.02. The Bertz CT molecular complexity index is 519. The Morgan fingerprint density at radius 1 is 1.32 bits per heavy atom. The van der Waals surface area contributed by atoms with Gasteiger partial charge in [-0.1, -0.05) is 23.7 Å². The second-order valence-corrected chi connectivity index (χ2v) is 4.85. The van der Waals surface area contributed by atoms with E-state index in [9.17, 15) is 5.11 Å². The van der Waals surface area contributed by atoms with E-state index in [0.29, 0.717) is 17.2 Å². The lowest BCUT2D eigenvalue weighted by Gasteiger charge is -2.20. The number of nitrogens with zero attached hydrogens (tertiary/aromatic N) is 1. The van der Waals surface area contributed by atoms with Crippen LogP contribution in [0.4, 0.5) is 0 Å². The minimum Gasteiger partial charge on any atom is -0.488 e. The highest BCUT2D eigenvalue weighted by molar-refractivity contribution is 6.30. The third-order valence-corrected chi connectivity index (χ3v) is 3.06. The fourth-order valence-corrected chi connectivity index (χ4v) is 1.94. The Morgan fingerprint density at radius 2 is 2.16 bits per heavy atom. The number of aliphatic hydroxyl groups is 1. The van der Waals surface area contributed by atoms with Gasteiger partial charge in [0.15, 0.2) is 0 Å². The lowest BCUT2D eigenvalue weighted by Crippen LogP contribution is -2.30. The van der Waals surface area contributed by atoms with Crippen molar-refractivity contribution in [2.24, 2.45) is 0 Å². The fourth-order valence-electron chi connectivity index (χ4n) is 1.76. The first-order valence-electron chi connectivity index (χ1n) is 6.14. The molecule has 0 amide bonds. The smallest absolute Gasteiger partial charge is 0.122 e. The van der Waals surface area contributed by atoms with Crippen molar-refractivity contribution in [3.05, 3.63) is 59.4 Å². The Hall–Kier alpha value is -1.58. The van der Waals surface area contributed by atoms with Crippen LogP contribution in [0.1, 0.15) is 12.5 Å². The van der Waals surface area contributed by atoms with Crippen molar-refractivity contribution in [3.63, 3.8) is 0 Å². The molecule has 1 N–H and O–H groups in total. The van der Waals surface area contributed by atoms with Gasteiger partial charge in [0.1, 0.15) is 11.9 Å². The number of ether oxygens (including phenoxy) is 1. The minimum atomic E-state index is -0.594. The molecule has 2 aromatic rings. The monoisotopic (exact) mass is 277 g/mol. The number of pyridine rings is 1. The van der Waals surface area contributed by atoms with Gasteiger partial charge in [0.25, 0.3) is 0 Å². The number of aliphatic hydroxyl groups excluding tert-OH is 1. The van der Waals surface area contributed by atoms with E-state index in [-0.39, 0.29) is 6.10 Å². The van der Waals surface area contributed by atoms with E-state index in [1.165, 1.54) is 0 Å². The molecule has 0 saturated heterocycles. The number of benzene rings is 1. The summed E-state index contributed by atoms with van der Waals surface area (Å²) in [6.07, 6.45) is 3.05. The average Bonchev–Trinajstić information content (AvgIpc) is 2.40. The molecule has 0 aliphatic carbocycles. The molecule has 4 heteroatoms. The molecule has 0 fully saturated rings. The third-order valence-electron chi connectivity index (χ3n) is 2.83. The van der Waals surface area contributed by atoms with Crippen LogP contribution in [-0.2, 0) is 6.42 Å². The van der Waals surface area contributed by atoms with E-state index < -0.39 is 6.10 Å². The van der Waals surface area contributed by atoms with Crippen LogP contribution < -0.4 is 4.74 Å². The van der Waals surface area contributed by atoms with Crippen molar-refractivity contribution in [2.75, 3.05) is 0 Å². The van der Waals surface area contributed by atoms with E-state index in [4.69, 9.17) is 16.3 Å². The van der Waals surface area contributed by atoms with Gasteiger partial charge < -0.3 is 9.84 Å². The highest BCUT2D eigenvalue weighted by atomic mass is 35.5. The molecule has 1 aromatic carbocycles. The zero-order chi connectivity index (χ0) is 13.7. The van der Waals surface area contributed by atoms with E-state index in [1.807, 2.05) is 31.2 Å². The van der Waals surface area contributed by atoms with Crippen LogP contribution >= 0.6 is 11.6 Å². The standard InChI is InChI=1S/C15H16ClNO2/c1-11(19-14-6-2-5-13(16)9-14)15(18)8-12-4-3-7-17-10-12/h2-7,9-11,15,18H,8H2,1H3. The van der Waals surface area contributed by atoms with Gasteiger partial charge in [-0.15, -0.1) is 0 Å². The van der Waals surface area contributed by atoms with Crippen LogP contribution in [0.5, 0.6) is 5.75 Å². The molecule has 100 valence electrons. The summed E-state index contributed by atoms with van der Waals surface area (Å²) in [5.41, 5.74) is 0.983. The zero-order valence-electron chi connectivity index (χ0n) is 10.7. The van der Waals surface area contributed by atoms with Gasteiger partial charge >= 0.3 is 0 Å². The molecule has 1 aromatic heterocycles. The lowest BCUT2D eigenvalue weighted by atomic mass is 10.1. The molecule has 2 atom stereocenters. The Labute approximate surface area is 117 Å². The maximum Gasteiger partial charge on any atom is 0.122 e. The number of hydrogen-bond donors (Lipinski definition) is 1. The SMILES string of the molecule is CC(Oc1cccc(Cl)c1)C(O)Cc1cccnc1. The molecular formula is C15H16ClNO2. The molecule has 0 saturated carbocycles. The summed E-state index contributed by atoms with van der Waals surface area (Å²) in [6, 6.07) is 10.9. The quantitative estimate of drug-likeness (QED) is 0.913. The molecule has 0 aliphatic heterocycles. The van der Waals surface area contributed by atoms with Gasteiger partial charge in [0.2, 0.25) is 0 Å². The second kappa shape index (κ2) is 6.55. The number of aromatic nitrogens is 1. The summed E-state index contributed by atoms with van der Waals surface area (Å²) in [6.45, 7) is 1.84. The van der Waals surface area contributed by atoms with Gasteiger partial charge in [-0.3, -0.25) is 4.98 Å². The molecule has 1 heterocycles. The Balaban J connectivity index is 1.94. The van der Waals surface area contributed by atoms with E-state index in [1.54, 1.807) is 24.5 Å². The van der Waals surface area contributed by atoms with Crippen molar-refractivity contribution in [3.8, 4) is 5.75 Å². The average molecular weight is 278 g/mol. The van der Waals surface area contributed by atoms with Crippen LogP contribution in [-0.4, -0.2) is 22.3 Å². The molecule has 3 nitrogen and oxygen atoms in total. The van der Waals surface area contributed by atoms with Crippen LogP contribution in [0.2, 0.25) is 5.02 Å². The van der Waals surface area contributed by atoms with Crippen molar-refractivity contribution in [2.45, 2.75) is 25.6 Å². The molecule has 0 aliphatic rings. The summed E-state index contributed by atoms with van der Waals surface area (Å²) in [5.74, 6) is 0.658. The summed E-state index contributed by atoms with van der Waals surface area (Å²) >= 11 is 5.89. The minimum absolute atomic E-state index is 0.321. The Morgan fingerprint density at radius 3 is 2.84 bits per heavy atom. The van der Waals surface area contributed by atoms with E-state index >= 15 is 0 Å². The predicted octanol–water partition coefficient (Wildman–Crippen LogP) is 3.11. The normalized spacial score (nSPS) is 13.8. The molecule has 0 bridgehead atoms. The van der Waals surface area contributed by atoms with Crippen LogP contribution in [0.25, 0.3) is 0 Å². The van der Waals surface area contributed by atoms with Crippen LogP contribution in [0.15, 0.2) is 48.8 Å². The zero-order valence-corrected chi connectivity index (χ0v) is 11.4. The molecule has 0 radical (unpaired) electrons. The van der Waals surface area contributed by atoms with Crippen molar-refractivity contribution in [1.82, 2.24) is 4.98 Å². The maximum atomic E-state index is 10.1. The maximum absolute atomic E-state index is 10.1. The van der Waals surface area contributed by atoms with Gasteiger partial charge in [-0.05, 0) is 36.8 Å².